The van der Waals surface area contributed by atoms with E-state index in [1.54, 1.807) is 49.6 Å². The number of likely N-dealkylation sites (N-methyl/N-ethyl adjacent to an activating group) is 1. The van der Waals surface area contributed by atoms with Gasteiger partial charge >= 0.3 is 6.03 Å². The number of rotatable bonds is 7. The zero-order valence-corrected chi connectivity index (χ0v) is 28.4. The van der Waals surface area contributed by atoms with Gasteiger partial charge in [-0.15, -0.1) is 0 Å². The van der Waals surface area contributed by atoms with Gasteiger partial charge in [-0.1, -0.05) is 19.3 Å². The fraction of sp³-hybridized carbons (Fsp3) is 0.359. The van der Waals surface area contributed by atoms with E-state index < -0.39 is 6.03 Å². The van der Waals surface area contributed by atoms with Crippen LogP contribution in [-0.2, 0) is 6.54 Å². The summed E-state index contributed by atoms with van der Waals surface area (Å²) in [5.41, 5.74) is 5.37. The molecule has 10 heteroatoms. The highest BCUT2D eigenvalue weighted by molar-refractivity contribution is 6.16. The van der Waals surface area contributed by atoms with E-state index in [-0.39, 0.29) is 17.4 Å². The Hall–Kier alpha value is -5.09. The van der Waals surface area contributed by atoms with E-state index in [9.17, 15) is 14.4 Å². The molecule has 10 nitrogen and oxygen atoms in total. The standard InChI is InChI=1S/C39H43N5O5/c1-4-44-33-16-15-29(48-3)23-30(33)31(36(44)25-8-6-5-7-9-25)24-35-37(45)32-22-28(14-17-34(32)49-35)41-39(47)40-27-12-10-26(11-13-27)38(46)43-20-18-42(2)19-21-43/h10-17,22-25H,4-9,18-21H2,1-3H3,(H2,40,41,47). The highest BCUT2D eigenvalue weighted by Crippen LogP contribution is 2.42. The summed E-state index contributed by atoms with van der Waals surface area (Å²) in [7, 11) is 3.72. The lowest BCUT2D eigenvalue weighted by molar-refractivity contribution is 0.0664. The molecule has 0 atom stereocenters. The molecule has 2 fully saturated rings. The minimum Gasteiger partial charge on any atom is -0.497 e. The van der Waals surface area contributed by atoms with E-state index in [1.807, 2.05) is 23.1 Å². The summed E-state index contributed by atoms with van der Waals surface area (Å²) in [4.78, 5) is 43.6. The third-order valence-corrected chi connectivity index (χ3v) is 10.0. The maximum absolute atomic E-state index is 13.8. The number of benzene rings is 3. The Kier molecular flexibility index (Phi) is 9.14. The largest absolute Gasteiger partial charge is 0.497 e. The van der Waals surface area contributed by atoms with E-state index in [1.165, 1.54) is 25.0 Å². The number of ketones is 1. The van der Waals surface area contributed by atoms with Crippen molar-refractivity contribution >= 4 is 46.1 Å². The van der Waals surface area contributed by atoms with Crippen molar-refractivity contribution in [2.45, 2.75) is 51.5 Å². The number of nitrogens with one attached hydrogen (secondary N) is 2. The maximum atomic E-state index is 13.8. The van der Waals surface area contributed by atoms with Gasteiger partial charge in [-0.25, -0.2) is 4.79 Å². The molecule has 7 rings (SSSR count). The van der Waals surface area contributed by atoms with Crippen LogP contribution in [0.1, 0.15) is 76.9 Å². The molecule has 0 bridgehead atoms. The number of amides is 3. The van der Waals surface area contributed by atoms with Gasteiger partial charge in [-0.3, -0.25) is 9.59 Å². The van der Waals surface area contributed by atoms with Crippen LogP contribution in [0.3, 0.4) is 0 Å². The minimum absolute atomic E-state index is 0.0106. The summed E-state index contributed by atoms with van der Waals surface area (Å²) in [5.74, 6) is 1.65. The normalized spacial score (nSPS) is 17.7. The molecule has 4 aromatic rings. The average Bonchev–Trinajstić information content (AvgIpc) is 3.61. The molecule has 2 aliphatic heterocycles. The van der Waals surface area contributed by atoms with Crippen LogP contribution < -0.4 is 20.1 Å². The van der Waals surface area contributed by atoms with Crippen molar-refractivity contribution in [3.05, 3.63) is 88.8 Å². The van der Waals surface area contributed by atoms with Gasteiger partial charge in [-0.05, 0) is 99.5 Å². The van der Waals surface area contributed by atoms with Gasteiger partial charge in [0.2, 0.25) is 5.78 Å². The Bertz CT molecular complexity index is 1930. The number of fused-ring (bicyclic) bond motifs is 2. The lowest BCUT2D eigenvalue weighted by Crippen LogP contribution is -2.47. The molecule has 0 unspecified atom stereocenters. The summed E-state index contributed by atoms with van der Waals surface area (Å²) >= 11 is 0. The van der Waals surface area contributed by atoms with Crippen molar-refractivity contribution in [2.24, 2.45) is 0 Å². The van der Waals surface area contributed by atoms with Crippen LogP contribution in [0.2, 0.25) is 0 Å². The first-order valence-electron chi connectivity index (χ1n) is 17.3. The first kappa shape index (κ1) is 32.5. The summed E-state index contributed by atoms with van der Waals surface area (Å²) in [6, 6.07) is 17.6. The molecule has 1 saturated carbocycles. The zero-order valence-electron chi connectivity index (χ0n) is 28.4. The van der Waals surface area contributed by atoms with Gasteiger partial charge in [0.05, 0.1) is 12.7 Å². The molecule has 1 aliphatic carbocycles. The molecule has 0 radical (unpaired) electrons. The number of piperazine rings is 1. The summed E-state index contributed by atoms with van der Waals surface area (Å²) in [6.45, 7) is 6.08. The fourth-order valence-corrected chi connectivity index (χ4v) is 7.39. The smallest absolute Gasteiger partial charge is 0.323 e. The number of hydrogen-bond donors (Lipinski definition) is 2. The Labute approximate surface area is 286 Å². The topological polar surface area (TPSA) is 105 Å². The first-order chi connectivity index (χ1) is 23.8. The number of carbonyl (C=O) groups excluding carboxylic acids is 3. The van der Waals surface area contributed by atoms with Crippen LogP contribution in [0, 0.1) is 0 Å². The van der Waals surface area contributed by atoms with Gasteiger partial charge in [0.25, 0.3) is 5.91 Å². The van der Waals surface area contributed by atoms with E-state index in [0.29, 0.717) is 47.3 Å². The van der Waals surface area contributed by atoms with Crippen LogP contribution in [0.25, 0.3) is 17.0 Å². The zero-order chi connectivity index (χ0) is 34.1. The quantitative estimate of drug-likeness (QED) is 0.201. The molecule has 3 aliphatic rings. The number of Topliss-reactive ketones (excluding diaryl/α,β-unsaturated/α-hetero) is 1. The second kappa shape index (κ2) is 13.8. The molecule has 49 heavy (non-hydrogen) atoms. The van der Waals surface area contributed by atoms with Gasteiger partial charge in [0.15, 0.2) is 5.76 Å². The number of anilines is 2. The van der Waals surface area contributed by atoms with E-state index in [2.05, 4.69) is 40.1 Å². The lowest BCUT2D eigenvalue weighted by Gasteiger charge is -2.32. The van der Waals surface area contributed by atoms with Crippen molar-refractivity contribution < 1.29 is 23.9 Å². The van der Waals surface area contributed by atoms with Gasteiger partial charge in [0.1, 0.15) is 11.5 Å². The summed E-state index contributed by atoms with van der Waals surface area (Å²) in [6.07, 6.45) is 7.78. The first-order valence-corrected chi connectivity index (χ1v) is 17.3. The van der Waals surface area contributed by atoms with Crippen molar-refractivity contribution in [1.82, 2.24) is 14.4 Å². The molecule has 1 saturated heterocycles. The van der Waals surface area contributed by atoms with Gasteiger partial charge in [-0.2, -0.15) is 0 Å². The number of ether oxygens (including phenoxy) is 2. The summed E-state index contributed by atoms with van der Waals surface area (Å²) < 4.78 is 14.1. The fourth-order valence-electron chi connectivity index (χ4n) is 7.39. The summed E-state index contributed by atoms with van der Waals surface area (Å²) in [5, 5.41) is 6.68. The van der Waals surface area contributed by atoms with Gasteiger partial charge in [0, 0.05) is 71.8 Å². The molecule has 3 heterocycles. The highest BCUT2D eigenvalue weighted by atomic mass is 16.5. The number of nitrogens with zero attached hydrogens (tertiary/aromatic N) is 3. The van der Waals surface area contributed by atoms with E-state index >= 15 is 0 Å². The molecular formula is C39H43N5O5. The number of carbonyl (C=O) groups is 3. The number of aromatic nitrogens is 1. The third kappa shape index (κ3) is 6.53. The number of allylic oxidation sites excluding steroid dienone is 1. The Morgan fingerprint density at radius 1 is 0.918 bits per heavy atom. The number of urea groups is 1. The number of methoxy groups -OCH3 is 1. The third-order valence-electron chi connectivity index (χ3n) is 10.0. The Balaban J connectivity index is 1.08. The van der Waals surface area contributed by atoms with Crippen LogP contribution >= 0.6 is 0 Å². The molecule has 254 valence electrons. The predicted octanol–water partition coefficient (Wildman–Crippen LogP) is 7.37. The SMILES string of the molecule is CCn1c(C2CCCCC2)c(C=C2Oc3ccc(NC(=O)Nc4ccc(C(=O)N5CCN(C)CC5)cc4)cc3C2=O)c2cc(OC)ccc21. The second-order valence-electron chi connectivity index (χ2n) is 13.2. The Morgan fingerprint density at radius 2 is 1.63 bits per heavy atom. The van der Waals surface area contributed by atoms with Crippen LogP contribution in [0.4, 0.5) is 16.2 Å². The highest BCUT2D eigenvalue weighted by Gasteiger charge is 2.31. The number of aryl methyl sites for hydroxylation is 1. The molecule has 0 spiro atoms. The van der Waals surface area contributed by atoms with Crippen LogP contribution in [0.15, 0.2) is 66.4 Å². The van der Waals surface area contributed by atoms with Crippen LogP contribution in [-0.4, -0.2) is 72.4 Å². The molecule has 2 N–H and O–H groups in total. The minimum atomic E-state index is -0.460. The van der Waals surface area contributed by atoms with E-state index in [4.69, 9.17) is 9.47 Å². The average molecular weight is 662 g/mol. The Morgan fingerprint density at radius 3 is 2.35 bits per heavy atom. The van der Waals surface area contributed by atoms with Gasteiger partial charge < -0.3 is 34.5 Å². The second-order valence-corrected chi connectivity index (χ2v) is 13.2. The van der Waals surface area contributed by atoms with Crippen molar-refractivity contribution in [2.75, 3.05) is 51.0 Å². The molecular weight excluding hydrogens is 618 g/mol. The molecule has 3 aromatic carbocycles. The lowest BCUT2D eigenvalue weighted by atomic mass is 9.85. The monoisotopic (exact) mass is 661 g/mol. The van der Waals surface area contributed by atoms with E-state index in [0.717, 1.165) is 54.7 Å². The van der Waals surface area contributed by atoms with Crippen molar-refractivity contribution in [3.63, 3.8) is 0 Å². The van der Waals surface area contributed by atoms with Crippen LogP contribution in [0.5, 0.6) is 11.5 Å². The predicted molar refractivity (Wildman–Crippen MR) is 192 cm³/mol. The van der Waals surface area contributed by atoms with Crippen molar-refractivity contribution in [1.29, 1.82) is 0 Å². The molecule has 3 amide bonds. The number of hydrogen-bond acceptors (Lipinski definition) is 6. The van der Waals surface area contributed by atoms with Crippen molar-refractivity contribution in [3.8, 4) is 11.5 Å². The maximum Gasteiger partial charge on any atom is 0.323 e. The molecule has 1 aromatic heterocycles.